The van der Waals surface area contributed by atoms with Gasteiger partial charge in [0.05, 0.1) is 0 Å². The van der Waals surface area contributed by atoms with Crippen LogP contribution in [-0.4, -0.2) is 24.7 Å². The van der Waals surface area contributed by atoms with Gasteiger partial charge >= 0.3 is 0 Å². The number of hydrogen-bond donors (Lipinski definition) is 1. The van der Waals surface area contributed by atoms with Crippen molar-refractivity contribution in [1.29, 1.82) is 0 Å². The SMILES string of the molecule is CN(C(=O)CC1(CO)CC1)c1ccccc1. The largest absolute Gasteiger partial charge is 0.396 e. The summed E-state index contributed by atoms with van der Waals surface area (Å²) in [5, 5.41) is 9.19. The van der Waals surface area contributed by atoms with Crippen LogP contribution in [0.3, 0.4) is 0 Å². The Kier molecular flexibility index (Phi) is 2.97. The molecule has 0 heterocycles. The molecule has 3 nitrogen and oxygen atoms in total. The number of para-hydroxylation sites is 1. The number of anilines is 1. The molecule has 0 bridgehead atoms. The van der Waals surface area contributed by atoms with Gasteiger partial charge in [0, 0.05) is 31.2 Å². The molecule has 0 aromatic heterocycles. The third kappa shape index (κ3) is 2.25. The van der Waals surface area contributed by atoms with Crippen molar-refractivity contribution in [2.75, 3.05) is 18.6 Å². The first-order valence-corrected chi connectivity index (χ1v) is 5.59. The molecule has 0 atom stereocenters. The Labute approximate surface area is 95.7 Å². The van der Waals surface area contributed by atoms with Gasteiger partial charge < -0.3 is 10.0 Å². The van der Waals surface area contributed by atoms with Crippen LogP contribution in [0.15, 0.2) is 30.3 Å². The Morgan fingerprint density at radius 3 is 2.50 bits per heavy atom. The van der Waals surface area contributed by atoms with E-state index in [1.165, 1.54) is 0 Å². The van der Waals surface area contributed by atoms with Crippen LogP contribution in [0, 0.1) is 5.41 Å². The maximum absolute atomic E-state index is 12.0. The van der Waals surface area contributed by atoms with Crippen molar-refractivity contribution in [1.82, 2.24) is 0 Å². The van der Waals surface area contributed by atoms with E-state index in [9.17, 15) is 9.90 Å². The van der Waals surface area contributed by atoms with Crippen molar-refractivity contribution in [3.8, 4) is 0 Å². The molecule has 3 heteroatoms. The van der Waals surface area contributed by atoms with Crippen LogP contribution in [0.25, 0.3) is 0 Å². The zero-order chi connectivity index (χ0) is 11.6. The molecule has 1 aromatic carbocycles. The lowest BCUT2D eigenvalue weighted by Gasteiger charge is -2.20. The van der Waals surface area contributed by atoms with E-state index in [0.29, 0.717) is 6.42 Å². The van der Waals surface area contributed by atoms with E-state index >= 15 is 0 Å². The van der Waals surface area contributed by atoms with Crippen LogP contribution in [0.1, 0.15) is 19.3 Å². The van der Waals surface area contributed by atoms with E-state index in [4.69, 9.17) is 0 Å². The number of hydrogen-bond acceptors (Lipinski definition) is 2. The minimum atomic E-state index is -0.111. The van der Waals surface area contributed by atoms with Gasteiger partial charge in [0.2, 0.25) is 5.91 Å². The fourth-order valence-electron chi connectivity index (χ4n) is 1.80. The first-order chi connectivity index (χ1) is 7.67. The molecule has 0 radical (unpaired) electrons. The molecule has 1 amide bonds. The Balaban J connectivity index is 2.00. The third-order valence-electron chi connectivity index (χ3n) is 3.34. The van der Waals surface area contributed by atoms with Crippen molar-refractivity contribution >= 4 is 11.6 Å². The predicted molar refractivity (Wildman–Crippen MR) is 63.2 cm³/mol. The van der Waals surface area contributed by atoms with Crippen LogP contribution in [0.4, 0.5) is 5.69 Å². The van der Waals surface area contributed by atoms with Gasteiger partial charge in [0.25, 0.3) is 0 Å². The fraction of sp³-hybridized carbons (Fsp3) is 0.462. The van der Waals surface area contributed by atoms with Gasteiger partial charge in [-0.05, 0) is 25.0 Å². The van der Waals surface area contributed by atoms with Gasteiger partial charge in [-0.1, -0.05) is 18.2 Å². The number of benzene rings is 1. The van der Waals surface area contributed by atoms with Crippen molar-refractivity contribution < 1.29 is 9.90 Å². The molecule has 16 heavy (non-hydrogen) atoms. The number of amides is 1. The number of nitrogens with zero attached hydrogens (tertiary/aromatic N) is 1. The van der Waals surface area contributed by atoms with Gasteiger partial charge in [-0.2, -0.15) is 0 Å². The van der Waals surface area contributed by atoms with E-state index in [0.717, 1.165) is 18.5 Å². The number of aliphatic hydroxyl groups is 1. The molecule has 0 spiro atoms. The Morgan fingerprint density at radius 2 is 2.00 bits per heavy atom. The fourth-order valence-corrected chi connectivity index (χ4v) is 1.80. The molecule has 1 aromatic rings. The molecular formula is C13H17NO2. The summed E-state index contributed by atoms with van der Waals surface area (Å²) in [6, 6.07) is 9.58. The van der Waals surface area contributed by atoms with E-state index < -0.39 is 0 Å². The molecule has 1 fully saturated rings. The van der Waals surface area contributed by atoms with Crippen LogP contribution in [0.5, 0.6) is 0 Å². The summed E-state index contributed by atoms with van der Waals surface area (Å²) in [6.07, 6.45) is 2.39. The van der Waals surface area contributed by atoms with E-state index in [1.54, 1.807) is 11.9 Å². The zero-order valence-electron chi connectivity index (χ0n) is 9.52. The summed E-state index contributed by atoms with van der Waals surface area (Å²) in [4.78, 5) is 13.6. The topological polar surface area (TPSA) is 40.5 Å². The zero-order valence-corrected chi connectivity index (χ0v) is 9.52. The van der Waals surface area contributed by atoms with Crippen LogP contribution in [-0.2, 0) is 4.79 Å². The summed E-state index contributed by atoms with van der Waals surface area (Å²) >= 11 is 0. The Morgan fingerprint density at radius 1 is 1.38 bits per heavy atom. The monoisotopic (exact) mass is 219 g/mol. The lowest BCUT2D eigenvalue weighted by molar-refractivity contribution is -0.119. The van der Waals surface area contributed by atoms with Gasteiger partial charge in [-0.25, -0.2) is 0 Å². The van der Waals surface area contributed by atoms with Crippen molar-refractivity contribution in [3.63, 3.8) is 0 Å². The molecule has 1 N–H and O–H groups in total. The highest BCUT2D eigenvalue weighted by atomic mass is 16.3. The first-order valence-electron chi connectivity index (χ1n) is 5.59. The first kappa shape index (κ1) is 11.1. The molecule has 2 rings (SSSR count). The Bertz CT molecular complexity index is 371. The normalized spacial score (nSPS) is 16.9. The number of aliphatic hydroxyl groups excluding tert-OH is 1. The number of carbonyl (C=O) groups excluding carboxylic acids is 1. The Hall–Kier alpha value is -1.35. The highest BCUT2D eigenvalue weighted by Gasteiger charge is 2.44. The molecule has 86 valence electrons. The minimum Gasteiger partial charge on any atom is -0.396 e. The second kappa shape index (κ2) is 4.26. The molecule has 1 aliphatic carbocycles. The summed E-state index contributed by atoms with van der Waals surface area (Å²) in [5.41, 5.74) is 0.793. The molecular weight excluding hydrogens is 202 g/mol. The van der Waals surface area contributed by atoms with Crippen LogP contribution < -0.4 is 4.90 Å². The van der Waals surface area contributed by atoms with E-state index in [1.807, 2.05) is 30.3 Å². The second-order valence-electron chi connectivity index (χ2n) is 4.62. The maximum atomic E-state index is 12.0. The number of rotatable bonds is 4. The highest BCUT2D eigenvalue weighted by Crippen LogP contribution is 2.48. The molecule has 1 saturated carbocycles. The average molecular weight is 219 g/mol. The number of carbonyl (C=O) groups is 1. The van der Waals surface area contributed by atoms with Gasteiger partial charge in [0.1, 0.15) is 0 Å². The molecule has 0 unspecified atom stereocenters. The minimum absolute atomic E-state index is 0.0813. The van der Waals surface area contributed by atoms with Gasteiger partial charge in [-0.3, -0.25) is 4.79 Å². The summed E-state index contributed by atoms with van der Waals surface area (Å²) in [7, 11) is 1.78. The summed E-state index contributed by atoms with van der Waals surface area (Å²) in [5.74, 6) is 0.0813. The van der Waals surface area contributed by atoms with Crippen molar-refractivity contribution in [2.24, 2.45) is 5.41 Å². The molecule has 0 saturated heterocycles. The van der Waals surface area contributed by atoms with E-state index in [2.05, 4.69) is 0 Å². The smallest absolute Gasteiger partial charge is 0.227 e. The summed E-state index contributed by atoms with van der Waals surface area (Å²) < 4.78 is 0. The van der Waals surface area contributed by atoms with Crippen molar-refractivity contribution in [3.05, 3.63) is 30.3 Å². The average Bonchev–Trinajstić information content (AvgIpc) is 3.09. The molecule has 0 aliphatic heterocycles. The van der Waals surface area contributed by atoms with Crippen LogP contribution >= 0.6 is 0 Å². The quantitative estimate of drug-likeness (QED) is 0.839. The highest BCUT2D eigenvalue weighted by molar-refractivity contribution is 5.93. The van der Waals surface area contributed by atoms with E-state index in [-0.39, 0.29) is 17.9 Å². The van der Waals surface area contributed by atoms with Crippen LogP contribution in [0.2, 0.25) is 0 Å². The van der Waals surface area contributed by atoms with Gasteiger partial charge in [0.15, 0.2) is 0 Å². The summed E-state index contributed by atoms with van der Waals surface area (Å²) in [6.45, 7) is 0.126. The standard InChI is InChI=1S/C13H17NO2/c1-14(11-5-3-2-4-6-11)12(16)9-13(10-15)7-8-13/h2-6,15H,7-10H2,1H3. The lowest BCUT2D eigenvalue weighted by Crippen LogP contribution is -2.29. The third-order valence-corrected chi connectivity index (χ3v) is 3.34. The van der Waals surface area contributed by atoms with Gasteiger partial charge in [-0.15, -0.1) is 0 Å². The predicted octanol–water partition coefficient (Wildman–Crippen LogP) is 1.81. The molecule has 1 aliphatic rings. The second-order valence-corrected chi connectivity index (χ2v) is 4.62. The lowest BCUT2D eigenvalue weighted by atomic mass is 10.0. The van der Waals surface area contributed by atoms with Crippen molar-refractivity contribution in [2.45, 2.75) is 19.3 Å². The maximum Gasteiger partial charge on any atom is 0.227 e.